The number of nitrogens with one attached hydrogen (secondary N) is 2. The van der Waals surface area contributed by atoms with Gasteiger partial charge in [0.25, 0.3) is 0 Å². The molecule has 1 atom stereocenters. The van der Waals surface area contributed by atoms with Crippen LogP contribution in [0.4, 0.5) is 4.79 Å². The standard InChI is InChI=1S/C12H13ClN6O3/c1-7(16-12(21)22)11(20)14-5-8-4-9(13)2-3-10(8)19-6-15-17-18-19/h2-4,6-7,16H,5H2,1H3,(H,14,20)(H,21,22). The highest BCUT2D eigenvalue weighted by molar-refractivity contribution is 6.30. The number of hydrogen-bond acceptors (Lipinski definition) is 5. The molecular formula is C12H13ClN6O3. The minimum atomic E-state index is -1.26. The molecular weight excluding hydrogens is 312 g/mol. The summed E-state index contributed by atoms with van der Waals surface area (Å²) in [6.45, 7) is 1.60. The molecule has 0 fully saturated rings. The molecule has 0 spiro atoms. The molecule has 0 saturated heterocycles. The SMILES string of the molecule is CC(NC(=O)O)C(=O)NCc1cc(Cl)ccc1-n1cnnn1. The maximum absolute atomic E-state index is 11.8. The molecule has 0 radical (unpaired) electrons. The lowest BCUT2D eigenvalue weighted by Crippen LogP contribution is -2.44. The largest absolute Gasteiger partial charge is 0.465 e. The van der Waals surface area contributed by atoms with Gasteiger partial charge in [0.05, 0.1) is 5.69 Å². The van der Waals surface area contributed by atoms with E-state index in [1.165, 1.54) is 17.9 Å². The lowest BCUT2D eigenvalue weighted by molar-refractivity contribution is -0.122. The molecule has 0 aliphatic carbocycles. The normalized spacial score (nSPS) is 11.7. The third-order valence-corrected chi connectivity index (χ3v) is 3.06. The molecule has 0 saturated carbocycles. The van der Waals surface area contributed by atoms with Crippen molar-refractivity contribution >= 4 is 23.6 Å². The molecule has 22 heavy (non-hydrogen) atoms. The van der Waals surface area contributed by atoms with Crippen LogP contribution in [0.3, 0.4) is 0 Å². The first kappa shape index (κ1) is 15.7. The first-order valence-corrected chi connectivity index (χ1v) is 6.64. The van der Waals surface area contributed by atoms with Gasteiger partial charge in [-0.05, 0) is 41.1 Å². The first-order chi connectivity index (χ1) is 10.5. The Morgan fingerprint density at radius 3 is 2.86 bits per heavy atom. The smallest absolute Gasteiger partial charge is 0.405 e. The Hall–Kier alpha value is -2.68. The summed E-state index contributed by atoms with van der Waals surface area (Å²) in [6, 6.07) is 4.21. The number of benzene rings is 1. The van der Waals surface area contributed by atoms with Gasteiger partial charge in [0.1, 0.15) is 12.4 Å². The Bertz CT molecular complexity index is 676. The van der Waals surface area contributed by atoms with Crippen molar-refractivity contribution in [3.05, 3.63) is 35.1 Å². The highest BCUT2D eigenvalue weighted by atomic mass is 35.5. The summed E-state index contributed by atoms with van der Waals surface area (Å²) in [5, 5.41) is 24.7. The lowest BCUT2D eigenvalue weighted by atomic mass is 10.1. The Kier molecular flexibility index (Phi) is 4.89. The third kappa shape index (κ3) is 3.92. The molecule has 3 N–H and O–H groups in total. The summed E-state index contributed by atoms with van der Waals surface area (Å²) in [5.74, 6) is -0.454. The Morgan fingerprint density at radius 2 is 2.23 bits per heavy atom. The van der Waals surface area contributed by atoms with Gasteiger partial charge >= 0.3 is 6.09 Å². The first-order valence-electron chi connectivity index (χ1n) is 6.26. The minimum absolute atomic E-state index is 0.153. The van der Waals surface area contributed by atoms with Gasteiger partial charge in [-0.25, -0.2) is 9.48 Å². The van der Waals surface area contributed by atoms with Crippen LogP contribution in [-0.4, -0.2) is 43.4 Å². The Morgan fingerprint density at radius 1 is 1.45 bits per heavy atom. The van der Waals surface area contributed by atoms with Crippen LogP contribution >= 0.6 is 11.6 Å². The van der Waals surface area contributed by atoms with Gasteiger partial charge in [-0.1, -0.05) is 11.6 Å². The molecule has 1 aromatic heterocycles. The number of carbonyl (C=O) groups is 2. The predicted molar refractivity (Wildman–Crippen MR) is 76.6 cm³/mol. The fourth-order valence-corrected chi connectivity index (χ4v) is 1.97. The van der Waals surface area contributed by atoms with Gasteiger partial charge in [-0.3, -0.25) is 4.79 Å². The van der Waals surface area contributed by atoms with Crippen molar-refractivity contribution in [2.24, 2.45) is 0 Å². The van der Waals surface area contributed by atoms with Crippen LogP contribution in [0.2, 0.25) is 5.02 Å². The maximum atomic E-state index is 11.8. The average molecular weight is 325 g/mol. The molecule has 10 heteroatoms. The third-order valence-electron chi connectivity index (χ3n) is 2.82. The highest BCUT2D eigenvalue weighted by Crippen LogP contribution is 2.18. The van der Waals surface area contributed by atoms with Gasteiger partial charge in [0, 0.05) is 11.6 Å². The van der Waals surface area contributed by atoms with E-state index < -0.39 is 18.0 Å². The van der Waals surface area contributed by atoms with Crippen LogP contribution in [0.5, 0.6) is 0 Å². The molecule has 0 bridgehead atoms. The van der Waals surface area contributed by atoms with Crippen molar-refractivity contribution in [3.8, 4) is 5.69 Å². The molecule has 116 valence electrons. The van der Waals surface area contributed by atoms with Crippen molar-refractivity contribution in [3.63, 3.8) is 0 Å². The van der Waals surface area contributed by atoms with E-state index in [4.69, 9.17) is 16.7 Å². The van der Waals surface area contributed by atoms with Gasteiger partial charge < -0.3 is 15.7 Å². The molecule has 2 rings (SSSR count). The number of carboxylic acid groups (broad SMARTS) is 1. The summed E-state index contributed by atoms with van der Waals surface area (Å²) in [4.78, 5) is 22.3. The van der Waals surface area contributed by atoms with Crippen molar-refractivity contribution in [2.45, 2.75) is 19.5 Å². The summed E-state index contributed by atoms with van der Waals surface area (Å²) in [5.41, 5.74) is 1.35. The van der Waals surface area contributed by atoms with Crippen molar-refractivity contribution < 1.29 is 14.7 Å². The summed E-state index contributed by atoms with van der Waals surface area (Å²) >= 11 is 5.96. The number of aromatic nitrogens is 4. The van der Waals surface area contributed by atoms with Gasteiger partial charge in [-0.15, -0.1) is 5.10 Å². The Balaban J connectivity index is 2.11. The zero-order valence-electron chi connectivity index (χ0n) is 11.5. The summed E-state index contributed by atoms with van der Waals surface area (Å²) < 4.78 is 1.44. The molecule has 1 heterocycles. The van der Waals surface area contributed by atoms with Gasteiger partial charge in [-0.2, -0.15) is 0 Å². The lowest BCUT2D eigenvalue weighted by Gasteiger charge is -2.14. The van der Waals surface area contributed by atoms with Crippen LogP contribution in [-0.2, 0) is 11.3 Å². The van der Waals surface area contributed by atoms with E-state index in [0.29, 0.717) is 16.3 Å². The second-order valence-electron chi connectivity index (χ2n) is 4.42. The van der Waals surface area contributed by atoms with Crippen LogP contribution in [0.1, 0.15) is 12.5 Å². The average Bonchev–Trinajstić information content (AvgIpc) is 2.98. The molecule has 1 unspecified atom stereocenters. The number of tetrazole rings is 1. The van der Waals surface area contributed by atoms with Crippen LogP contribution < -0.4 is 10.6 Å². The quantitative estimate of drug-likeness (QED) is 0.739. The topological polar surface area (TPSA) is 122 Å². The van der Waals surface area contributed by atoms with Crippen LogP contribution in [0, 0.1) is 0 Å². The second-order valence-corrected chi connectivity index (χ2v) is 4.85. The maximum Gasteiger partial charge on any atom is 0.405 e. The number of nitrogens with zero attached hydrogens (tertiary/aromatic N) is 4. The summed E-state index contributed by atoms with van der Waals surface area (Å²) in [6.07, 6.45) is 0.156. The number of halogens is 1. The second kappa shape index (κ2) is 6.85. The molecule has 2 aromatic rings. The zero-order valence-corrected chi connectivity index (χ0v) is 12.3. The number of amides is 2. The van der Waals surface area contributed by atoms with Gasteiger partial charge in [0.15, 0.2) is 0 Å². The minimum Gasteiger partial charge on any atom is -0.465 e. The number of rotatable bonds is 5. The predicted octanol–water partition coefficient (Wildman–Crippen LogP) is 0.588. The fraction of sp³-hybridized carbons (Fsp3) is 0.250. The fourth-order valence-electron chi connectivity index (χ4n) is 1.78. The van der Waals surface area contributed by atoms with Crippen LogP contribution in [0.25, 0.3) is 5.69 Å². The van der Waals surface area contributed by atoms with E-state index in [9.17, 15) is 9.59 Å². The van der Waals surface area contributed by atoms with E-state index in [-0.39, 0.29) is 6.54 Å². The molecule has 2 amide bonds. The monoisotopic (exact) mass is 324 g/mol. The molecule has 0 aliphatic rings. The van der Waals surface area contributed by atoms with Crippen molar-refractivity contribution in [1.82, 2.24) is 30.8 Å². The molecule has 0 aliphatic heterocycles. The van der Waals surface area contributed by atoms with Crippen molar-refractivity contribution in [1.29, 1.82) is 0 Å². The van der Waals surface area contributed by atoms with E-state index in [1.54, 1.807) is 18.2 Å². The Labute approximate surface area is 130 Å². The van der Waals surface area contributed by atoms with E-state index in [0.717, 1.165) is 0 Å². The van der Waals surface area contributed by atoms with E-state index in [1.807, 2.05) is 0 Å². The zero-order chi connectivity index (χ0) is 16.1. The molecule has 1 aromatic carbocycles. The van der Waals surface area contributed by atoms with Crippen molar-refractivity contribution in [2.75, 3.05) is 0 Å². The highest BCUT2D eigenvalue weighted by Gasteiger charge is 2.15. The number of hydrogen-bond donors (Lipinski definition) is 3. The van der Waals surface area contributed by atoms with E-state index in [2.05, 4.69) is 26.2 Å². The summed E-state index contributed by atoms with van der Waals surface area (Å²) in [7, 11) is 0. The van der Waals surface area contributed by atoms with Gasteiger partial charge in [0.2, 0.25) is 5.91 Å². The molecule has 9 nitrogen and oxygen atoms in total. The number of carbonyl (C=O) groups excluding carboxylic acids is 1. The van der Waals surface area contributed by atoms with Crippen LogP contribution in [0.15, 0.2) is 24.5 Å². The van der Waals surface area contributed by atoms with E-state index >= 15 is 0 Å².